The van der Waals surface area contributed by atoms with E-state index in [1.54, 1.807) is 6.92 Å². The summed E-state index contributed by atoms with van der Waals surface area (Å²) in [5.41, 5.74) is 0.226. The Bertz CT molecular complexity index is 244. The van der Waals surface area contributed by atoms with Gasteiger partial charge in [0.05, 0.1) is 0 Å². The van der Waals surface area contributed by atoms with Crippen molar-refractivity contribution in [2.75, 3.05) is 13.2 Å². The lowest BCUT2D eigenvalue weighted by molar-refractivity contribution is -0.105. The summed E-state index contributed by atoms with van der Waals surface area (Å²) < 4.78 is 0. The van der Waals surface area contributed by atoms with Gasteiger partial charge >= 0.3 is 0 Å². The lowest BCUT2D eigenvalue weighted by Crippen LogP contribution is -2.02. The van der Waals surface area contributed by atoms with Crippen LogP contribution >= 0.6 is 9.24 Å². The molecule has 0 amide bonds. The van der Waals surface area contributed by atoms with Gasteiger partial charge in [0.1, 0.15) is 18.9 Å². The number of nitrogens with zero attached hydrogens (tertiary/aromatic N) is 2. The summed E-state index contributed by atoms with van der Waals surface area (Å²) in [6, 6.07) is 0. The first-order valence-electron chi connectivity index (χ1n) is 5.23. The molecule has 0 radical (unpaired) electrons. The molecule has 0 aromatic heterocycles. The Morgan fingerprint density at radius 3 is 2.25 bits per heavy atom. The molecule has 0 rings (SSSR count). The van der Waals surface area contributed by atoms with Crippen LogP contribution < -0.4 is 0 Å². The molecule has 0 fully saturated rings. The minimum absolute atomic E-state index is 0.144. The fraction of sp³-hybridized carbons (Fsp3) is 0.700. The molecular formula is C10H19N2O3P. The molecule has 0 aliphatic rings. The number of hydrogen-bond donors (Lipinski definition) is 0. The third-order valence-corrected chi connectivity index (χ3v) is 2.29. The molecule has 0 N–H and O–H groups in total. The molecule has 6 heteroatoms. The van der Waals surface area contributed by atoms with E-state index in [2.05, 4.69) is 26.3 Å². The Labute approximate surface area is 98.4 Å². The van der Waals surface area contributed by atoms with Crippen molar-refractivity contribution in [1.82, 2.24) is 0 Å². The Morgan fingerprint density at radius 2 is 1.75 bits per heavy atom. The molecule has 0 aromatic carbocycles. The molecule has 0 bridgehead atoms. The van der Waals surface area contributed by atoms with Gasteiger partial charge in [0.2, 0.25) is 0 Å². The maximum absolute atomic E-state index is 10.7. The van der Waals surface area contributed by atoms with Gasteiger partial charge < -0.3 is 9.68 Å². The summed E-state index contributed by atoms with van der Waals surface area (Å²) in [5.74, 6) is 0. The van der Waals surface area contributed by atoms with Gasteiger partial charge in [-0.3, -0.25) is 4.79 Å². The van der Waals surface area contributed by atoms with Crippen molar-refractivity contribution < 1.29 is 14.5 Å². The fourth-order valence-electron chi connectivity index (χ4n) is 0.939. The lowest BCUT2D eigenvalue weighted by Gasteiger charge is -2.01. The zero-order valence-corrected chi connectivity index (χ0v) is 10.8. The second kappa shape index (κ2) is 10.6. The molecule has 0 heterocycles. The van der Waals surface area contributed by atoms with Gasteiger partial charge in [-0.2, -0.15) is 0 Å². The summed E-state index contributed by atoms with van der Waals surface area (Å²) in [6.07, 6.45) is 3.99. The van der Waals surface area contributed by atoms with Gasteiger partial charge in [-0.1, -0.05) is 14.4 Å². The van der Waals surface area contributed by atoms with Crippen LogP contribution in [0.2, 0.25) is 0 Å². The number of oxime groups is 2. The highest BCUT2D eigenvalue weighted by molar-refractivity contribution is 7.45. The summed E-state index contributed by atoms with van der Waals surface area (Å²) in [7, 11) is 2.05. The second-order valence-electron chi connectivity index (χ2n) is 3.25. The molecule has 0 saturated carbocycles. The highest BCUT2D eigenvalue weighted by Gasteiger charge is 1.97. The largest absolute Gasteiger partial charge is 0.396 e. The van der Waals surface area contributed by atoms with Crippen molar-refractivity contribution in [3.63, 3.8) is 0 Å². The maximum atomic E-state index is 10.7. The van der Waals surface area contributed by atoms with Crippen LogP contribution in [0.1, 0.15) is 32.6 Å². The Kier molecular flexibility index (Phi) is 9.92. The van der Waals surface area contributed by atoms with Crippen molar-refractivity contribution in [2.45, 2.75) is 32.6 Å². The molecule has 1 unspecified atom stereocenters. The van der Waals surface area contributed by atoms with E-state index < -0.39 is 0 Å². The first-order valence-corrected chi connectivity index (χ1v) is 5.80. The van der Waals surface area contributed by atoms with E-state index in [1.165, 1.54) is 0 Å². The van der Waals surface area contributed by atoms with Crippen LogP contribution in [-0.2, 0) is 14.5 Å². The summed E-state index contributed by atoms with van der Waals surface area (Å²) >= 11 is 0. The third kappa shape index (κ3) is 9.59. The second-order valence-corrected chi connectivity index (χ2v) is 3.78. The number of unbranched alkanes of at least 4 members (excludes halogenated alkanes) is 3. The molecule has 5 nitrogen and oxygen atoms in total. The van der Waals surface area contributed by atoms with Crippen LogP contribution in [0.15, 0.2) is 10.3 Å². The average molecular weight is 246 g/mol. The quantitative estimate of drug-likeness (QED) is 0.256. The molecule has 0 spiro atoms. The molecule has 0 aliphatic heterocycles. The van der Waals surface area contributed by atoms with E-state index in [1.807, 2.05) is 0 Å². The van der Waals surface area contributed by atoms with Crippen molar-refractivity contribution in [3.8, 4) is 0 Å². The number of carbonyl (C=O) groups excluding carboxylic acids is 1. The topological polar surface area (TPSA) is 60.2 Å². The Hall–Kier alpha value is -0.960. The predicted molar refractivity (Wildman–Crippen MR) is 67.7 cm³/mol. The average Bonchev–Trinajstić information content (AvgIpc) is 2.26. The normalized spacial score (nSPS) is 11.0. The fourth-order valence-corrected chi connectivity index (χ4v) is 0.991. The Morgan fingerprint density at radius 1 is 1.19 bits per heavy atom. The molecule has 92 valence electrons. The molecule has 0 saturated heterocycles. The van der Waals surface area contributed by atoms with Crippen molar-refractivity contribution in [1.29, 1.82) is 0 Å². The van der Waals surface area contributed by atoms with Gasteiger partial charge in [-0.15, -0.1) is 5.16 Å². The summed E-state index contributed by atoms with van der Waals surface area (Å²) in [5, 5.41) is 6.96. The summed E-state index contributed by atoms with van der Waals surface area (Å²) in [6.45, 7) is 5.99. The van der Waals surface area contributed by atoms with Crippen LogP contribution in [0.4, 0.5) is 0 Å². The minimum Gasteiger partial charge on any atom is -0.396 e. The predicted octanol–water partition coefficient (Wildman–Crippen LogP) is 1.97. The first-order chi connectivity index (χ1) is 7.68. The van der Waals surface area contributed by atoms with E-state index in [0.29, 0.717) is 18.9 Å². The molecular weight excluding hydrogens is 227 g/mol. The standard InChI is InChI=1S/C10H19N2O3P/c1-9(10(13)16)12-15-8-6-4-3-5-7-14-11-2/h2-8,16H2,1H3/b12-9-. The van der Waals surface area contributed by atoms with E-state index in [9.17, 15) is 4.79 Å². The van der Waals surface area contributed by atoms with Crippen LogP contribution in [0.25, 0.3) is 0 Å². The zero-order valence-electron chi connectivity index (χ0n) is 9.65. The van der Waals surface area contributed by atoms with Gasteiger partial charge in [-0.05, 0) is 32.6 Å². The van der Waals surface area contributed by atoms with Crippen LogP contribution in [0, 0.1) is 0 Å². The minimum atomic E-state index is -0.144. The SMILES string of the molecule is C=NOCCCCCCO/N=C(/C)C(=O)P. The maximum Gasteiger partial charge on any atom is 0.195 e. The third-order valence-electron chi connectivity index (χ3n) is 1.87. The smallest absolute Gasteiger partial charge is 0.195 e. The van der Waals surface area contributed by atoms with E-state index in [0.717, 1.165) is 25.7 Å². The van der Waals surface area contributed by atoms with Gasteiger partial charge in [-0.25, -0.2) is 0 Å². The monoisotopic (exact) mass is 246 g/mol. The molecule has 16 heavy (non-hydrogen) atoms. The van der Waals surface area contributed by atoms with E-state index in [-0.39, 0.29) is 5.52 Å². The molecule has 0 aliphatic carbocycles. The zero-order chi connectivity index (χ0) is 12.2. The van der Waals surface area contributed by atoms with Crippen molar-refractivity contribution in [2.24, 2.45) is 10.3 Å². The van der Waals surface area contributed by atoms with Gasteiger partial charge in [0.25, 0.3) is 0 Å². The highest BCUT2D eigenvalue weighted by atomic mass is 31.0. The highest BCUT2D eigenvalue weighted by Crippen LogP contribution is 2.01. The van der Waals surface area contributed by atoms with Crippen molar-refractivity contribution >= 4 is 27.2 Å². The lowest BCUT2D eigenvalue weighted by atomic mass is 10.2. The number of rotatable bonds is 10. The van der Waals surface area contributed by atoms with Gasteiger partial charge in [0, 0.05) is 6.72 Å². The van der Waals surface area contributed by atoms with Crippen LogP contribution in [0.3, 0.4) is 0 Å². The Balaban J connectivity index is 3.24. The number of carbonyl (C=O) groups is 1. The van der Waals surface area contributed by atoms with E-state index >= 15 is 0 Å². The van der Waals surface area contributed by atoms with Crippen LogP contribution in [0.5, 0.6) is 0 Å². The van der Waals surface area contributed by atoms with Gasteiger partial charge in [0.15, 0.2) is 5.52 Å². The number of hydrogen-bond acceptors (Lipinski definition) is 5. The van der Waals surface area contributed by atoms with Crippen molar-refractivity contribution in [3.05, 3.63) is 0 Å². The first kappa shape index (κ1) is 15.0. The molecule has 1 atom stereocenters. The van der Waals surface area contributed by atoms with Crippen LogP contribution in [-0.4, -0.2) is 31.2 Å². The summed E-state index contributed by atoms with van der Waals surface area (Å²) in [4.78, 5) is 20.5. The molecule has 0 aromatic rings. The van der Waals surface area contributed by atoms with E-state index in [4.69, 9.17) is 9.68 Å².